The average molecular weight is 203 g/mol. The third-order valence-electron chi connectivity index (χ3n) is 2.15. The summed E-state index contributed by atoms with van der Waals surface area (Å²) in [5.41, 5.74) is 1.24. The van der Waals surface area contributed by atoms with Gasteiger partial charge in [-0.1, -0.05) is 19.1 Å². The molecule has 0 fully saturated rings. The number of hydrogen-bond acceptors (Lipinski definition) is 3. The molecule has 0 heterocycles. The SMILES string of the molecule is CCOc1c(C#N)cccc1C(C)C=O. The van der Waals surface area contributed by atoms with E-state index in [1.165, 1.54) is 0 Å². The van der Waals surface area contributed by atoms with Gasteiger partial charge in [0.25, 0.3) is 0 Å². The van der Waals surface area contributed by atoms with Crippen LogP contribution in [0.5, 0.6) is 5.75 Å². The number of hydrogen-bond donors (Lipinski definition) is 0. The molecule has 0 amide bonds. The van der Waals surface area contributed by atoms with Gasteiger partial charge in [-0.05, 0) is 13.0 Å². The minimum Gasteiger partial charge on any atom is -0.492 e. The van der Waals surface area contributed by atoms with Gasteiger partial charge in [0, 0.05) is 11.5 Å². The zero-order valence-corrected chi connectivity index (χ0v) is 8.86. The first-order valence-electron chi connectivity index (χ1n) is 4.85. The molecule has 1 unspecified atom stereocenters. The number of nitrogens with zero attached hydrogens (tertiary/aromatic N) is 1. The molecule has 0 aliphatic heterocycles. The molecule has 3 nitrogen and oxygen atoms in total. The van der Waals surface area contributed by atoms with E-state index in [9.17, 15) is 4.79 Å². The molecular weight excluding hydrogens is 190 g/mol. The predicted octanol–water partition coefficient (Wildman–Crippen LogP) is 2.26. The minimum absolute atomic E-state index is 0.250. The molecule has 0 bridgehead atoms. The van der Waals surface area contributed by atoms with Crippen molar-refractivity contribution in [2.75, 3.05) is 6.61 Å². The maximum Gasteiger partial charge on any atom is 0.140 e. The fourth-order valence-electron chi connectivity index (χ4n) is 1.38. The molecular formula is C12H13NO2. The van der Waals surface area contributed by atoms with Crippen LogP contribution in [0.2, 0.25) is 0 Å². The average Bonchev–Trinajstić information content (AvgIpc) is 2.28. The van der Waals surface area contributed by atoms with E-state index in [1.807, 2.05) is 13.0 Å². The van der Waals surface area contributed by atoms with Crippen molar-refractivity contribution < 1.29 is 9.53 Å². The Bertz CT molecular complexity index is 393. The molecule has 1 atom stereocenters. The van der Waals surface area contributed by atoms with Gasteiger partial charge < -0.3 is 9.53 Å². The highest BCUT2D eigenvalue weighted by atomic mass is 16.5. The topological polar surface area (TPSA) is 50.1 Å². The molecule has 0 aromatic heterocycles. The Labute approximate surface area is 89.3 Å². The molecule has 15 heavy (non-hydrogen) atoms. The van der Waals surface area contributed by atoms with E-state index in [0.29, 0.717) is 17.9 Å². The first-order valence-corrected chi connectivity index (χ1v) is 4.85. The number of nitriles is 1. The van der Waals surface area contributed by atoms with Crippen LogP contribution in [0.4, 0.5) is 0 Å². The Morgan fingerprint density at radius 2 is 2.33 bits per heavy atom. The van der Waals surface area contributed by atoms with E-state index < -0.39 is 0 Å². The zero-order valence-electron chi connectivity index (χ0n) is 8.86. The highest BCUT2D eigenvalue weighted by Crippen LogP contribution is 2.28. The van der Waals surface area contributed by atoms with Crippen molar-refractivity contribution in [1.29, 1.82) is 5.26 Å². The molecule has 3 heteroatoms. The van der Waals surface area contributed by atoms with Crippen molar-refractivity contribution in [3.05, 3.63) is 29.3 Å². The monoisotopic (exact) mass is 203 g/mol. The van der Waals surface area contributed by atoms with Crippen molar-refractivity contribution in [2.24, 2.45) is 0 Å². The van der Waals surface area contributed by atoms with Gasteiger partial charge in [0.05, 0.1) is 12.2 Å². The predicted molar refractivity (Wildman–Crippen MR) is 56.8 cm³/mol. The number of rotatable bonds is 4. The molecule has 0 saturated carbocycles. The van der Waals surface area contributed by atoms with Crippen molar-refractivity contribution in [3.63, 3.8) is 0 Å². The first-order chi connectivity index (χ1) is 7.24. The van der Waals surface area contributed by atoms with Crippen molar-refractivity contribution in [1.82, 2.24) is 0 Å². The highest BCUT2D eigenvalue weighted by Gasteiger charge is 2.14. The second kappa shape index (κ2) is 5.16. The maximum absolute atomic E-state index is 10.7. The summed E-state index contributed by atoms with van der Waals surface area (Å²) in [5.74, 6) is 0.280. The number of carbonyl (C=O) groups excluding carboxylic acids is 1. The normalized spacial score (nSPS) is 11.5. The summed E-state index contributed by atoms with van der Waals surface area (Å²) in [6.07, 6.45) is 0.846. The second-order valence-corrected chi connectivity index (χ2v) is 3.19. The van der Waals surface area contributed by atoms with E-state index >= 15 is 0 Å². The Kier molecular flexibility index (Phi) is 3.87. The quantitative estimate of drug-likeness (QED) is 0.705. The van der Waals surface area contributed by atoms with Crippen LogP contribution in [0.3, 0.4) is 0 Å². The van der Waals surface area contributed by atoms with E-state index in [0.717, 1.165) is 11.8 Å². The fraction of sp³-hybridized carbons (Fsp3) is 0.333. The Hall–Kier alpha value is -1.82. The van der Waals surface area contributed by atoms with Gasteiger partial charge in [-0.25, -0.2) is 0 Å². The molecule has 0 aliphatic carbocycles. The van der Waals surface area contributed by atoms with Crippen molar-refractivity contribution in [2.45, 2.75) is 19.8 Å². The van der Waals surface area contributed by atoms with Crippen LogP contribution in [0.15, 0.2) is 18.2 Å². The van der Waals surface area contributed by atoms with Gasteiger partial charge in [0.15, 0.2) is 0 Å². The van der Waals surface area contributed by atoms with Gasteiger partial charge >= 0.3 is 0 Å². The standard InChI is InChI=1S/C12H13NO2/c1-3-15-12-10(7-13)5-4-6-11(12)9(2)8-14/h4-6,8-9H,3H2,1-2H3. The van der Waals surface area contributed by atoms with E-state index in [1.54, 1.807) is 19.1 Å². The van der Waals surface area contributed by atoms with Crippen LogP contribution >= 0.6 is 0 Å². The molecule has 0 radical (unpaired) electrons. The maximum atomic E-state index is 10.7. The van der Waals surface area contributed by atoms with Gasteiger partial charge in [0.2, 0.25) is 0 Å². The number of para-hydroxylation sites is 1. The third kappa shape index (κ3) is 2.35. The van der Waals surface area contributed by atoms with E-state index in [2.05, 4.69) is 6.07 Å². The van der Waals surface area contributed by atoms with Crippen molar-refractivity contribution in [3.8, 4) is 11.8 Å². The molecule has 0 saturated heterocycles. The van der Waals surface area contributed by atoms with Crippen LogP contribution in [0.1, 0.15) is 30.9 Å². The van der Waals surface area contributed by atoms with Gasteiger partial charge in [-0.15, -0.1) is 0 Å². The van der Waals surface area contributed by atoms with E-state index in [4.69, 9.17) is 10.00 Å². The van der Waals surface area contributed by atoms with Gasteiger partial charge in [0.1, 0.15) is 18.1 Å². The van der Waals surface area contributed by atoms with E-state index in [-0.39, 0.29) is 5.92 Å². The number of carbonyl (C=O) groups is 1. The third-order valence-corrected chi connectivity index (χ3v) is 2.15. The largest absolute Gasteiger partial charge is 0.492 e. The zero-order chi connectivity index (χ0) is 11.3. The lowest BCUT2D eigenvalue weighted by molar-refractivity contribution is -0.108. The molecule has 0 N–H and O–H groups in total. The Morgan fingerprint density at radius 3 is 2.87 bits per heavy atom. The summed E-state index contributed by atoms with van der Waals surface area (Å²) in [6, 6.07) is 7.32. The lowest BCUT2D eigenvalue weighted by Crippen LogP contribution is -2.03. The van der Waals surface area contributed by atoms with Crippen LogP contribution in [-0.4, -0.2) is 12.9 Å². The molecule has 1 rings (SSSR count). The highest BCUT2D eigenvalue weighted by molar-refractivity contribution is 5.65. The smallest absolute Gasteiger partial charge is 0.140 e. The molecule has 1 aromatic rings. The number of aldehydes is 1. The summed E-state index contributed by atoms with van der Waals surface area (Å²) >= 11 is 0. The first kappa shape index (κ1) is 11.3. The number of benzene rings is 1. The summed E-state index contributed by atoms with van der Waals surface area (Å²) in [4.78, 5) is 10.7. The van der Waals surface area contributed by atoms with Crippen molar-refractivity contribution >= 4 is 6.29 Å². The number of ether oxygens (including phenoxy) is 1. The Balaban J connectivity index is 3.25. The lowest BCUT2D eigenvalue weighted by Gasteiger charge is -2.13. The van der Waals surface area contributed by atoms with Gasteiger partial charge in [-0.2, -0.15) is 5.26 Å². The Morgan fingerprint density at radius 1 is 1.60 bits per heavy atom. The minimum atomic E-state index is -0.250. The van der Waals surface area contributed by atoms with Crippen LogP contribution in [-0.2, 0) is 4.79 Å². The summed E-state index contributed by atoms with van der Waals surface area (Å²) in [5, 5.41) is 8.91. The summed E-state index contributed by atoms with van der Waals surface area (Å²) in [6.45, 7) is 4.12. The molecule has 1 aromatic carbocycles. The lowest BCUT2D eigenvalue weighted by atomic mass is 9.99. The van der Waals surface area contributed by atoms with Gasteiger partial charge in [-0.3, -0.25) is 0 Å². The fourth-order valence-corrected chi connectivity index (χ4v) is 1.38. The van der Waals surface area contributed by atoms with Crippen LogP contribution in [0.25, 0.3) is 0 Å². The van der Waals surface area contributed by atoms with Crippen LogP contribution < -0.4 is 4.74 Å². The molecule has 0 spiro atoms. The molecule has 0 aliphatic rings. The van der Waals surface area contributed by atoms with Crippen LogP contribution in [0, 0.1) is 11.3 Å². The second-order valence-electron chi connectivity index (χ2n) is 3.19. The summed E-state index contributed by atoms with van der Waals surface area (Å²) < 4.78 is 5.40. The summed E-state index contributed by atoms with van der Waals surface area (Å²) in [7, 11) is 0. The molecule has 78 valence electrons.